The Kier molecular flexibility index (Phi) is 4.26. The summed E-state index contributed by atoms with van der Waals surface area (Å²) in [4.78, 5) is 20.3. The monoisotopic (exact) mass is 306 g/mol. The number of anilines is 1. The predicted molar refractivity (Wildman–Crippen MR) is 80.3 cm³/mol. The zero-order chi connectivity index (χ0) is 14.7. The molecule has 1 aliphatic heterocycles. The van der Waals surface area contributed by atoms with Crippen LogP contribution in [0.1, 0.15) is 25.0 Å². The third kappa shape index (κ3) is 3.45. The molecular formula is C13H18N6OS. The molecule has 0 unspecified atom stereocenters. The van der Waals surface area contributed by atoms with Crippen LogP contribution in [0.3, 0.4) is 0 Å². The van der Waals surface area contributed by atoms with Gasteiger partial charge in [0.25, 0.3) is 0 Å². The Labute approximate surface area is 126 Å². The maximum Gasteiger partial charge on any atom is 0.240 e. The van der Waals surface area contributed by atoms with Crippen molar-refractivity contribution < 1.29 is 4.79 Å². The van der Waals surface area contributed by atoms with Gasteiger partial charge in [0.1, 0.15) is 5.82 Å². The van der Waals surface area contributed by atoms with Crippen molar-refractivity contribution in [1.82, 2.24) is 25.1 Å². The van der Waals surface area contributed by atoms with Gasteiger partial charge in [0, 0.05) is 30.5 Å². The minimum Gasteiger partial charge on any atom is -0.304 e. The van der Waals surface area contributed by atoms with Gasteiger partial charge in [-0.15, -0.1) is 11.3 Å². The molecule has 1 atom stereocenters. The Balaban J connectivity index is 1.49. The molecule has 0 saturated heterocycles. The van der Waals surface area contributed by atoms with Gasteiger partial charge < -0.3 is 10.6 Å². The average Bonchev–Trinajstić information content (AvgIpc) is 3.13. The lowest BCUT2D eigenvalue weighted by Gasteiger charge is -2.23. The summed E-state index contributed by atoms with van der Waals surface area (Å²) in [7, 11) is 0. The molecular weight excluding hydrogens is 288 g/mol. The van der Waals surface area contributed by atoms with Crippen LogP contribution in [0, 0.1) is 0 Å². The summed E-state index contributed by atoms with van der Waals surface area (Å²) in [6.07, 6.45) is 4.41. The molecule has 2 aromatic rings. The maximum atomic E-state index is 11.8. The predicted octanol–water partition coefficient (Wildman–Crippen LogP) is 0.840. The first-order valence-electron chi connectivity index (χ1n) is 7.10. The Morgan fingerprint density at radius 1 is 1.57 bits per heavy atom. The number of amides is 1. The zero-order valence-electron chi connectivity index (χ0n) is 11.9. The molecule has 112 valence electrons. The molecule has 2 aromatic heterocycles. The fourth-order valence-corrected chi connectivity index (χ4v) is 2.91. The van der Waals surface area contributed by atoms with E-state index in [9.17, 15) is 4.79 Å². The van der Waals surface area contributed by atoms with E-state index in [2.05, 4.69) is 32.6 Å². The third-order valence-electron chi connectivity index (χ3n) is 3.45. The Bertz CT molecular complexity index is 608. The largest absolute Gasteiger partial charge is 0.304 e. The molecule has 3 heterocycles. The van der Waals surface area contributed by atoms with Crippen molar-refractivity contribution in [1.29, 1.82) is 0 Å². The Hall–Kier alpha value is -1.80. The van der Waals surface area contributed by atoms with E-state index in [1.807, 2.05) is 10.1 Å². The van der Waals surface area contributed by atoms with E-state index in [1.54, 1.807) is 6.20 Å². The Morgan fingerprint density at radius 2 is 2.48 bits per heavy atom. The van der Waals surface area contributed by atoms with Gasteiger partial charge in [0.15, 0.2) is 11.0 Å². The molecule has 21 heavy (non-hydrogen) atoms. The minimum atomic E-state index is -0.0661. The highest BCUT2D eigenvalue weighted by atomic mass is 32.1. The number of hydrogen-bond acceptors (Lipinski definition) is 6. The molecule has 0 aromatic carbocycles. The summed E-state index contributed by atoms with van der Waals surface area (Å²) in [6, 6.07) is 0.256. The fourth-order valence-electron chi connectivity index (χ4n) is 2.36. The molecule has 0 spiro atoms. The van der Waals surface area contributed by atoms with Gasteiger partial charge >= 0.3 is 0 Å². The second-order valence-electron chi connectivity index (χ2n) is 4.98. The van der Waals surface area contributed by atoms with E-state index in [0.717, 1.165) is 37.5 Å². The van der Waals surface area contributed by atoms with Crippen LogP contribution in [0.15, 0.2) is 11.6 Å². The molecule has 0 fully saturated rings. The number of hydrogen-bond donors (Lipinski definition) is 2. The molecule has 0 aliphatic carbocycles. The van der Waals surface area contributed by atoms with Crippen molar-refractivity contribution in [3.05, 3.63) is 23.2 Å². The molecule has 1 aliphatic rings. The maximum absolute atomic E-state index is 11.8. The number of carbonyl (C=O) groups excluding carboxylic acids is 1. The van der Waals surface area contributed by atoms with Crippen molar-refractivity contribution in [3.8, 4) is 0 Å². The van der Waals surface area contributed by atoms with Gasteiger partial charge in [0.2, 0.25) is 5.91 Å². The van der Waals surface area contributed by atoms with Crippen molar-refractivity contribution in [2.45, 2.75) is 38.8 Å². The molecule has 8 heteroatoms. The second-order valence-corrected chi connectivity index (χ2v) is 5.88. The molecule has 3 rings (SSSR count). The summed E-state index contributed by atoms with van der Waals surface area (Å²) >= 11 is 1.42. The SMILES string of the molecule is CCc1nc2n(n1)C[C@H](NCC(=O)Nc1nccs1)CC2. The lowest BCUT2D eigenvalue weighted by molar-refractivity contribution is -0.115. The van der Waals surface area contributed by atoms with Crippen molar-refractivity contribution >= 4 is 22.4 Å². The van der Waals surface area contributed by atoms with Gasteiger partial charge in [-0.1, -0.05) is 6.92 Å². The van der Waals surface area contributed by atoms with Crippen LogP contribution in [-0.4, -0.2) is 38.2 Å². The third-order valence-corrected chi connectivity index (χ3v) is 4.14. The van der Waals surface area contributed by atoms with E-state index < -0.39 is 0 Å². The lowest BCUT2D eigenvalue weighted by Crippen LogP contribution is -2.41. The van der Waals surface area contributed by atoms with E-state index in [-0.39, 0.29) is 18.5 Å². The normalized spacial score (nSPS) is 17.5. The van der Waals surface area contributed by atoms with Crippen LogP contribution in [0.4, 0.5) is 5.13 Å². The smallest absolute Gasteiger partial charge is 0.240 e. The summed E-state index contributed by atoms with van der Waals surface area (Å²) in [5.41, 5.74) is 0. The fraction of sp³-hybridized carbons (Fsp3) is 0.538. The molecule has 0 bridgehead atoms. The molecule has 1 amide bonds. The highest BCUT2D eigenvalue weighted by molar-refractivity contribution is 7.13. The summed E-state index contributed by atoms with van der Waals surface area (Å²) in [5, 5.41) is 13.0. The van der Waals surface area contributed by atoms with Gasteiger partial charge in [-0.2, -0.15) is 5.10 Å². The van der Waals surface area contributed by atoms with E-state index in [4.69, 9.17) is 0 Å². The van der Waals surface area contributed by atoms with Gasteiger partial charge in [-0.3, -0.25) is 4.79 Å². The number of aryl methyl sites for hydroxylation is 2. The number of thiazole rings is 1. The summed E-state index contributed by atoms with van der Waals surface area (Å²) < 4.78 is 1.96. The topological polar surface area (TPSA) is 84.7 Å². The highest BCUT2D eigenvalue weighted by Crippen LogP contribution is 2.13. The van der Waals surface area contributed by atoms with Crippen molar-refractivity contribution in [2.24, 2.45) is 0 Å². The minimum absolute atomic E-state index is 0.0661. The van der Waals surface area contributed by atoms with Gasteiger partial charge in [0.05, 0.1) is 13.1 Å². The zero-order valence-corrected chi connectivity index (χ0v) is 12.7. The van der Waals surface area contributed by atoms with Crippen LogP contribution < -0.4 is 10.6 Å². The summed E-state index contributed by atoms with van der Waals surface area (Å²) in [5.74, 6) is 1.88. The van der Waals surface area contributed by atoms with Crippen molar-refractivity contribution in [2.75, 3.05) is 11.9 Å². The second kappa shape index (κ2) is 6.31. The summed E-state index contributed by atoms with van der Waals surface area (Å²) in [6.45, 7) is 3.11. The van der Waals surface area contributed by atoms with Crippen LogP contribution in [0.5, 0.6) is 0 Å². The first-order valence-corrected chi connectivity index (χ1v) is 7.98. The quantitative estimate of drug-likeness (QED) is 0.855. The first kappa shape index (κ1) is 14.2. The average molecular weight is 306 g/mol. The van der Waals surface area contributed by atoms with E-state index >= 15 is 0 Å². The standard InChI is InChI=1S/C13H18N6OS/c1-2-10-16-11-4-3-9(8-19(11)18-10)15-7-12(20)17-13-14-5-6-21-13/h5-6,9,15H,2-4,7-8H2,1H3,(H,14,17,20)/t9-/m1/s1. The van der Waals surface area contributed by atoms with Crippen LogP contribution in [0.2, 0.25) is 0 Å². The van der Waals surface area contributed by atoms with Crippen LogP contribution in [0.25, 0.3) is 0 Å². The molecule has 7 nitrogen and oxygen atoms in total. The van der Waals surface area contributed by atoms with Crippen molar-refractivity contribution in [3.63, 3.8) is 0 Å². The van der Waals surface area contributed by atoms with E-state index in [0.29, 0.717) is 5.13 Å². The molecule has 0 radical (unpaired) electrons. The molecule has 0 saturated carbocycles. The highest BCUT2D eigenvalue weighted by Gasteiger charge is 2.21. The number of nitrogens with zero attached hydrogens (tertiary/aromatic N) is 4. The van der Waals surface area contributed by atoms with Gasteiger partial charge in [-0.25, -0.2) is 14.6 Å². The lowest BCUT2D eigenvalue weighted by atomic mass is 10.1. The first-order chi connectivity index (χ1) is 10.2. The van der Waals surface area contributed by atoms with E-state index in [1.165, 1.54) is 11.3 Å². The number of aromatic nitrogens is 4. The number of carbonyl (C=O) groups is 1. The van der Waals surface area contributed by atoms with Gasteiger partial charge in [-0.05, 0) is 6.42 Å². The number of nitrogens with one attached hydrogen (secondary N) is 2. The van der Waals surface area contributed by atoms with Crippen LogP contribution in [-0.2, 0) is 24.2 Å². The number of rotatable bonds is 5. The Morgan fingerprint density at radius 3 is 3.24 bits per heavy atom. The number of fused-ring (bicyclic) bond motifs is 1. The molecule has 2 N–H and O–H groups in total. The van der Waals surface area contributed by atoms with Crippen LogP contribution >= 0.6 is 11.3 Å².